The first-order valence-electron chi connectivity index (χ1n) is 28.3. The zero-order valence-electron chi connectivity index (χ0n) is 48.7. The van der Waals surface area contributed by atoms with Crippen LogP contribution in [0, 0.1) is 6.92 Å². The fourth-order valence-electron chi connectivity index (χ4n) is 9.73. The summed E-state index contributed by atoms with van der Waals surface area (Å²) in [6.07, 6.45) is 2.65. The van der Waals surface area contributed by atoms with E-state index in [9.17, 15) is 10.2 Å². The van der Waals surface area contributed by atoms with Crippen molar-refractivity contribution in [3.63, 3.8) is 0 Å². The van der Waals surface area contributed by atoms with Crippen molar-refractivity contribution < 1.29 is 19.7 Å². The Kier molecular flexibility index (Phi) is 24.0. The molecule has 0 saturated carbocycles. The van der Waals surface area contributed by atoms with Crippen molar-refractivity contribution in [3.8, 4) is 23.0 Å². The van der Waals surface area contributed by atoms with Gasteiger partial charge in [-0.05, 0) is 186 Å². The summed E-state index contributed by atoms with van der Waals surface area (Å²) in [5.41, 5.74) is 19.3. The van der Waals surface area contributed by atoms with Crippen molar-refractivity contribution in [1.82, 2.24) is 9.80 Å². The van der Waals surface area contributed by atoms with Crippen molar-refractivity contribution in [3.05, 3.63) is 298 Å². The van der Waals surface area contributed by atoms with Gasteiger partial charge in [0.05, 0.1) is 0 Å². The van der Waals surface area contributed by atoms with Gasteiger partial charge in [-0.3, -0.25) is 0 Å². The predicted molar refractivity (Wildman–Crippen MR) is 348 cm³/mol. The van der Waals surface area contributed by atoms with E-state index in [1.165, 1.54) is 55.7 Å². The van der Waals surface area contributed by atoms with Crippen LogP contribution in [-0.2, 0) is 0 Å². The minimum Gasteiger partial charge on any atom is -0.508 e. The van der Waals surface area contributed by atoms with Gasteiger partial charge in [-0.15, -0.1) is 11.6 Å². The quantitative estimate of drug-likeness (QED) is 0.0552. The third-order valence-electron chi connectivity index (χ3n) is 13.9. The maximum atomic E-state index is 9.77. The van der Waals surface area contributed by atoms with Gasteiger partial charge < -0.3 is 29.5 Å². The minimum absolute atomic E-state index is 0.251. The molecule has 0 spiro atoms. The zero-order valence-corrected chi connectivity index (χ0v) is 49.5. The largest absolute Gasteiger partial charge is 0.508 e. The highest BCUT2D eigenvalue weighted by atomic mass is 35.5. The molecule has 0 aliphatic heterocycles. The van der Waals surface area contributed by atoms with E-state index in [0.717, 1.165) is 77.2 Å². The molecule has 82 heavy (non-hydrogen) atoms. The molecular weight excluding hydrogens is 1030 g/mol. The van der Waals surface area contributed by atoms with Gasteiger partial charge in [0.25, 0.3) is 0 Å². The lowest BCUT2D eigenvalue weighted by molar-refractivity contribution is 0.261. The SMILES string of the molecule is CC/C(=C(\c1ccc(O)cc1)c1ccc(OCCN(C)C)cc1)c1ccccc1.CC/C(=C(\c1ccccc1)c1ccc(C)cc1)c1ccccc1.CN(C)CCOc1ccc(/C(=C(/CCCl)c2ccccc2)c2ccc(O)cc2)cc1. The van der Waals surface area contributed by atoms with Crippen LogP contribution in [0.3, 0.4) is 0 Å². The standard InChI is InChI=1S/C26H28ClNO2.C26H29NO2.C23H22/c1-28(2)18-19-30-24-14-10-22(11-15-24)26(21-8-12-23(29)13-9-21)25(16-17-27)20-6-4-3-5-7-20;1-4-25(20-8-6-5-7-9-20)26(21-10-14-23(28)15-11-21)22-12-16-24(17-13-22)29-19-18-27(2)3;1-3-22(19-10-6-4-7-11-19)23(20-12-8-5-9-13-20)21-16-14-18(2)15-17-21/h3-15,29H,16-19H2,1-2H3;5-17,28H,4,18-19H2,1-3H3;4-17H,3H2,1-2H3/b2*26-25-;23-22-. The summed E-state index contributed by atoms with van der Waals surface area (Å²) in [4.78, 5) is 4.20. The molecule has 0 unspecified atom stereocenters. The first-order chi connectivity index (χ1) is 40.0. The molecule has 0 aliphatic carbocycles. The molecule has 6 nitrogen and oxygen atoms in total. The van der Waals surface area contributed by atoms with Crippen LogP contribution in [0.15, 0.2) is 243 Å². The number of alkyl halides is 1. The van der Waals surface area contributed by atoms with Crippen molar-refractivity contribution >= 4 is 45.0 Å². The van der Waals surface area contributed by atoms with Crippen molar-refractivity contribution in [1.29, 1.82) is 0 Å². The number of rotatable bonds is 21. The number of benzene rings is 9. The van der Waals surface area contributed by atoms with Crippen LogP contribution >= 0.6 is 11.6 Å². The normalized spacial score (nSPS) is 12.0. The Morgan fingerprint density at radius 2 is 0.622 bits per heavy atom. The van der Waals surface area contributed by atoms with Gasteiger partial charge >= 0.3 is 0 Å². The number of ether oxygens (including phenoxy) is 2. The first-order valence-corrected chi connectivity index (χ1v) is 28.9. The molecule has 7 heteroatoms. The molecule has 2 N–H and O–H groups in total. The maximum absolute atomic E-state index is 9.77. The van der Waals surface area contributed by atoms with Crippen LogP contribution in [0.4, 0.5) is 0 Å². The molecule has 0 heterocycles. The monoisotopic (exact) mass is 1110 g/mol. The topological polar surface area (TPSA) is 65.4 Å². The zero-order chi connectivity index (χ0) is 58.1. The molecule has 9 rings (SSSR count). The highest BCUT2D eigenvalue weighted by Crippen LogP contribution is 2.38. The highest BCUT2D eigenvalue weighted by Gasteiger charge is 2.17. The second-order valence-electron chi connectivity index (χ2n) is 20.5. The summed E-state index contributed by atoms with van der Waals surface area (Å²) < 4.78 is 11.7. The molecule has 9 aromatic rings. The van der Waals surface area contributed by atoms with Crippen molar-refractivity contribution in [2.24, 2.45) is 0 Å². The predicted octanol–water partition coefficient (Wildman–Crippen LogP) is 18.0. The van der Waals surface area contributed by atoms with Crippen molar-refractivity contribution in [2.45, 2.75) is 40.0 Å². The number of phenols is 2. The number of phenolic OH excluding ortho intramolecular Hbond substituents is 2. The minimum atomic E-state index is 0.251. The van der Waals surface area contributed by atoms with E-state index in [1.807, 2.05) is 101 Å². The van der Waals surface area contributed by atoms with E-state index < -0.39 is 0 Å². The molecule has 0 radical (unpaired) electrons. The summed E-state index contributed by atoms with van der Waals surface area (Å²) in [5.74, 6) is 2.77. The maximum Gasteiger partial charge on any atom is 0.119 e. The van der Waals surface area contributed by atoms with Crippen molar-refractivity contribution in [2.75, 3.05) is 60.4 Å². The highest BCUT2D eigenvalue weighted by molar-refractivity contribution is 6.18. The molecule has 0 fully saturated rings. The van der Waals surface area contributed by atoms with E-state index in [2.05, 4.69) is 176 Å². The fraction of sp³-hybridized carbons (Fsp3) is 0.200. The van der Waals surface area contributed by atoms with Crippen LogP contribution in [0.25, 0.3) is 33.4 Å². The Hall–Kier alpha value is -8.39. The third-order valence-corrected chi connectivity index (χ3v) is 14.1. The van der Waals surface area contributed by atoms with Gasteiger partial charge in [0.1, 0.15) is 36.2 Å². The molecule has 0 atom stereocenters. The van der Waals surface area contributed by atoms with E-state index >= 15 is 0 Å². The third kappa shape index (κ3) is 18.1. The summed E-state index contributed by atoms with van der Waals surface area (Å²) in [6.45, 7) is 9.61. The molecule has 9 aromatic carbocycles. The molecule has 0 aliphatic rings. The second-order valence-corrected chi connectivity index (χ2v) is 20.9. The lowest BCUT2D eigenvalue weighted by Gasteiger charge is -2.17. The Labute approximate surface area is 493 Å². The molecule has 0 aromatic heterocycles. The molecular formula is C75H79ClN2O4. The summed E-state index contributed by atoms with van der Waals surface area (Å²) in [5, 5.41) is 19.5. The van der Waals surface area contributed by atoms with Gasteiger partial charge in [0.2, 0.25) is 0 Å². The van der Waals surface area contributed by atoms with Gasteiger partial charge in [0, 0.05) is 19.0 Å². The van der Waals surface area contributed by atoms with Gasteiger partial charge in [-0.25, -0.2) is 0 Å². The van der Waals surface area contributed by atoms with Crippen LogP contribution < -0.4 is 9.47 Å². The number of nitrogens with zero attached hydrogens (tertiary/aromatic N) is 2. The first kappa shape index (κ1) is 61.2. The smallest absolute Gasteiger partial charge is 0.119 e. The number of aryl methyl sites for hydroxylation is 1. The Morgan fingerprint density at radius 3 is 0.927 bits per heavy atom. The second kappa shape index (κ2) is 32.2. The number of likely N-dealkylation sites (N-methyl/N-ethyl adjacent to an activating group) is 2. The molecule has 0 saturated heterocycles. The van der Waals surface area contributed by atoms with E-state index in [0.29, 0.717) is 19.1 Å². The van der Waals surface area contributed by atoms with Crippen LogP contribution in [0.1, 0.15) is 88.7 Å². The number of allylic oxidation sites excluding steroid dienone is 3. The van der Waals surface area contributed by atoms with E-state index in [4.69, 9.17) is 21.1 Å². The Bertz CT molecular complexity index is 3390. The van der Waals surface area contributed by atoms with E-state index in [-0.39, 0.29) is 11.5 Å². The average molecular weight is 1110 g/mol. The number of halogens is 1. The number of hydrogen-bond acceptors (Lipinski definition) is 6. The molecule has 0 bridgehead atoms. The fourth-order valence-corrected chi connectivity index (χ4v) is 9.92. The summed E-state index contributed by atoms with van der Waals surface area (Å²) >= 11 is 6.20. The van der Waals surface area contributed by atoms with E-state index in [1.54, 1.807) is 24.3 Å². The number of hydrogen-bond donors (Lipinski definition) is 2. The lowest BCUT2D eigenvalue weighted by atomic mass is 9.88. The van der Waals surface area contributed by atoms with Crippen LogP contribution in [0.2, 0.25) is 0 Å². The van der Waals surface area contributed by atoms with Gasteiger partial charge in [-0.1, -0.05) is 214 Å². The average Bonchev–Trinajstić information content (AvgIpc) is 3.63. The van der Waals surface area contributed by atoms with Gasteiger partial charge in [0.15, 0.2) is 0 Å². The van der Waals surface area contributed by atoms with Crippen LogP contribution in [0.5, 0.6) is 23.0 Å². The van der Waals surface area contributed by atoms with Gasteiger partial charge in [-0.2, -0.15) is 0 Å². The summed E-state index contributed by atoms with van der Waals surface area (Å²) in [7, 11) is 8.14. The lowest BCUT2D eigenvalue weighted by Crippen LogP contribution is -2.19. The Morgan fingerprint density at radius 1 is 0.354 bits per heavy atom. The Balaban J connectivity index is 0.000000179. The van der Waals surface area contributed by atoms with Crippen LogP contribution in [-0.4, -0.2) is 80.4 Å². The molecule has 0 amide bonds. The molecule has 420 valence electrons. The number of aromatic hydroxyl groups is 2. The summed E-state index contributed by atoms with van der Waals surface area (Å²) in [6, 6.07) is 82.3.